The Morgan fingerprint density at radius 3 is 2.67 bits per heavy atom. The van der Waals surface area contributed by atoms with Crippen LogP contribution in [0.2, 0.25) is 10.0 Å². The number of nitrogens with one attached hydrogen (secondary N) is 1. The van der Waals surface area contributed by atoms with E-state index in [2.05, 4.69) is 26.2 Å². The first-order valence-electron chi connectivity index (χ1n) is 5.86. The zero-order chi connectivity index (χ0) is 15.0. The van der Waals surface area contributed by atoms with Gasteiger partial charge in [0.2, 0.25) is 0 Å². The molecule has 7 heteroatoms. The second kappa shape index (κ2) is 5.93. The summed E-state index contributed by atoms with van der Waals surface area (Å²) in [5.74, 6) is -0.234. The summed E-state index contributed by atoms with van der Waals surface area (Å²) in [7, 11) is 0. The van der Waals surface area contributed by atoms with Gasteiger partial charge in [-0.15, -0.1) is 0 Å². The van der Waals surface area contributed by atoms with E-state index in [-0.39, 0.29) is 5.91 Å². The fourth-order valence-corrected chi connectivity index (χ4v) is 3.61. The Morgan fingerprint density at radius 2 is 1.95 bits per heavy atom. The number of nitrogens with zero attached hydrogens (tertiary/aromatic N) is 1. The molecule has 3 nitrogen and oxygen atoms in total. The molecule has 0 aliphatic rings. The maximum absolute atomic E-state index is 12.2. The highest BCUT2D eigenvalue weighted by atomic mass is 79.9. The van der Waals surface area contributed by atoms with Crippen LogP contribution in [0.5, 0.6) is 0 Å². The highest BCUT2D eigenvalue weighted by Crippen LogP contribution is 2.36. The molecule has 0 atom stereocenters. The Morgan fingerprint density at radius 1 is 1.19 bits per heavy atom. The number of hydrogen-bond acceptors (Lipinski definition) is 3. The minimum absolute atomic E-state index is 0.234. The number of carbonyl (C=O) groups is 1. The molecule has 1 heterocycles. The smallest absolute Gasteiger partial charge is 0.257 e. The quantitative estimate of drug-likeness (QED) is 0.605. The molecule has 0 saturated heterocycles. The van der Waals surface area contributed by atoms with Crippen LogP contribution in [0.3, 0.4) is 0 Å². The normalized spacial score (nSPS) is 10.8. The van der Waals surface area contributed by atoms with Crippen molar-refractivity contribution in [3.63, 3.8) is 0 Å². The standard InChI is InChI=1S/C14H7BrCl2N2OS/c15-8-3-1-2-7(6-8)13(20)19-14-18-11-9(16)4-5-10(17)12(11)21-14/h1-6H,(H,18,19,20). The molecule has 1 amide bonds. The molecule has 1 aromatic heterocycles. The topological polar surface area (TPSA) is 42.0 Å². The van der Waals surface area contributed by atoms with Crippen LogP contribution in [0.25, 0.3) is 10.2 Å². The van der Waals surface area contributed by atoms with Gasteiger partial charge in [0.15, 0.2) is 5.13 Å². The molecular weight excluding hydrogens is 395 g/mol. The average molecular weight is 402 g/mol. The summed E-state index contributed by atoms with van der Waals surface area (Å²) in [5, 5.41) is 4.30. The van der Waals surface area contributed by atoms with E-state index in [0.29, 0.717) is 26.3 Å². The van der Waals surface area contributed by atoms with Gasteiger partial charge in [-0.25, -0.2) is 4.98 Å². The van der Waals surface area contributed by atoms with Gasteiger partial charge >= 0.3 is 0 Å². The molecule has 2 aromatic carbocycles. The average Bonchev–Trinajstić information content (AvgIpc) is 2.88. The molecule has 0 unspecified atom stereocenters. The van der Waals surface area contributed by atoms with E-state index in [0.717, 1.165) is 9.17 Å². The monoisotopic (exact) mass is 400 g/mol. The minimum Gasteiger partial charge on any atom is -0.298 e. The third-order valence-electron chi connectivity index (χ3n) is 2.75. The van der Waals surface area contributed by atoms with Gasteiger partial charge in [0.05, 0.1) is 14.7 Å². The Hall–Kier alpha value is -1.14. The lowest BCUT2D eigenvalue weighted by Crippen LogP contribution is -2.11. The Balaban J connectivity index is 1.93. The van der Waals surface area contributed by atoms with Crippen LogP contribution in [0.4, 0.5) is 5.13 Å². The van der Waals surface area contributed by atoms with E-state index in [4.69, 9.17) is 23.2 Å². The zero-order valence-electron chi connectivity index (χ0n) is 10.4. The molecule has 0 bridgehead atoms. The first kappa shape index (κ1) is 14.8. The van der Waals surface area contributed by atoms with Crippen molar-refractivity contribution in [2.24, 2.45) is 0 Å². The first-order chi connectivity index (χ1) is 10.0. The molecule has 1 N–H and O–H groups in total. The number of carbonyl (C=O) groups excluding carboxylic acids is 1. The number of benzene rings is 2. The summed E-state index contributed by atoms with van der Waals surface area (Å²) in [6.45, 7) is 0. The van der Waals surface area contributed by atoms with Gasteiger partial charge < -0.3 is 0 Å². The number of amides is 1. The molecule has 0 radical (unpaired) electrons. The molecule has 0 aliphatic carbocycles. The lowest BCUT2D eigenvalue weighted by atomic mass is 10.2. The van der Waals surface area contributed by atoms with Gasteiger partial charge in [0, 0.05) is 10.0 Å². The van der Waals surface area contributed by atoms with E-state index >= 15 is 0 Å². The number of hydrogen-bond donors (Lipinski definition) is 1. The zero-order valence-corrected chi connectivity index (χ0v) is 14.3. The first-order valence-corrected chi connectivity index (χ1v) is 8.22. The molecule has 106 valence electrons. The van der Waals surface area contributed by atoms with Crippen LogP contribution in [0.15, 0.2) is 40.9 Å². The van der Waals surface area contributed by atoms with Gasteiger partial charge in [0.1, 0.15) is 5.52 Å². The summed E-state index contributed by atoms with van der Waals surface area (Å²) in [6.07, 6.45) is 0. The predicted molar refractivity (Wildman–Crippen MR) is 91.7 cm³/mol. The SMILES string of the molecule is O=C(Nc1nc2c(Cl)ccc(Cl)c2s1)c1cccc(Br)c1. The largest absolute Gasteiger partial charge is 0.298 e. The molecular formula is C14H7BrCl2N2OS. The maximum Gasteiger partial charge on any atom is 0.257 e. The van der Waals surface area contributed by atoms with E-state index < -0.39 is 0 Å². The van der Waals surface area contributed by atoms with Crippen LogP contribution < -0.4 is 5.32 Å². The van der Waals surface area contributed by atoms with Gasteiger partial charge in [-0.2, -0.15) is 0 Å². The number of rotatable bonds is 2. The van der Waals surface area contributed by atoms with Crippen molar-refractivity contribution in [3.8, 4) is 0 Å². The van der Waals surface area contributed by atoms with E-state index in [1.54, 1.807) is 30.3 Å². The van der Waals surface area contributed by atoms with Gasteiger partial charge in [-0.1, -0.05) is 56.5 Å². The van der Waals surface area contributed by atoms with Crippen LogP contribution in [-0.4, -0.2) is 10.9 Å². The Kier molecular flexibility index (Phi) is 4.17. The van der Waals surface area contributed by atoms with E-state index in [1.165, 1.54) is 11.3 Å². The lowest BCUT2D eigenvalue weighted by Gasteiger charge is -2.01. The highest BCUT2D eigenvalue weighted by molar-refractivity contribution is 9.10. The van der Waals surface area contributed by atoms with Gasteiger partial charge in [-0.05, 0) is 30.3 Å². The summed E-state index contributed by atoms with van der Waals surface area (Å²) < 4.78 is 1.60. The number of fused-ring (bicyclic) bond motifs is 1. The molecule has 0 fully saturated rings. The molecule has 21 heavy (non-hydrogen) atoms. The molecule has 0 saturated carbocycles. The summed E-state index contributed by atoms with van der Waals surface area (Å²) in [4.78, 5) is 16.5. The summed E-state index contributed by atoms with van der Waals surface area (Å²) in [5.41, 5.74) is 1.14. The van der Waals surface area contributed by atoms with Crippen LogP contribution in [0.1, 0.15) is 10.4 Å². The van der Waals surface area contributed by atoms with Crippen molar-refractivity contribution >= 4 is 71.7 Å². The Labute approximate surface area is 143 Å². The van der Waals surface area contributed by atoms with Gasteiger partial charge in [0.25, 0.3) is 5.91 Å². The van der Waals surface area contributed by atoms with Gasteiger partial charge in [-0.3, -0.25) is 10.1 Å². The molecule has 0 aliphatic heterocycles. The highest BCUT2D eigenvalue weighted by Gasteiger charge is 2.13. The van der Waals surface area contributed by atoms with Crippen LogP contribution in [-0.2, 0) is 0 Å². The Bertz CT molecular complexity index is 811. The van der Waals surface area contributed by atoms with Crippen molar-refractivity contribution in [2.75, 3.05) is 5.32 Å². The maximum atomic E-state index is 12.2. The number of anilines is 1. The minimum atomic E-state index is -0.234. The fraction of sp³-hybridized carbons (Fsp3) is 0. The van der Waals surface area contributed by atoms with E-state index in [9.17, 15) is 4.79 Å². The molecule has 0 spiro atoms. The summed E-state index contributed by atoms with van der Waals surface area (Å²) >= 11 is 16.8. The second-order valence-corrected chi connectivity index (χ2v) is 6.92. The predicted octanol–water partition coefficient (Wildman–Crippen LogP) is 5.62. The number of halogens is 3. The van der Waals surface area contributed by atoms with E-state index in [1.807, 2.05) is 6.07 Å². The lowest BCUT2D eigenvalue weighted by molar-refractivity contribution is 0.102. The van der Waals surface area contributed by atoms with Crippen LogP contribution >= 0.6 is 50.5 Å². The van der Waals surface area contributed by atoms with Crippen molar-refractivity contribution in [1.29, 1.82) is 0 Å². The second-order valence-electron chi connectivity index (χ2n) is 4.19. The van der Waals surface area contributed by atoms with Crippen molar-refractivity contribution in [3.05, 3.63) is 56.5 Å². The molecule has 3 rings (SSSR count). The van der Waals surface area contributed by atoms with Crippen molar-refractivity contribution < 1.29 is 4.79 Å². The van der Waals surface area contributed by atoms with Crippen molar-refractivity contribution in [2.45, 2.75) is 0 Å². The number of aromatic nitrogens is 1. The third-order valence-corrected chi connectivity index (χ3v) is 4.98. The molecule has 3 aromatic rings. The summed E-state index contributed by atoms with van der Waals surface area (Å²) in [6, 6.07) is 10.5. The fourth-order valence-electron chi connectivity index (χ4n) is 1.80. The third kappa shape index (κ3) is 3.06. The van der Waals surface area contributed by atoms with Crippen molar-refractivity contribution in [1.82, 2.24) is 4.98 Å². The number of thiazole rings is 1. The van der Waals surface area contributed by atoms with Crippen LogP contribution in [0, 0.1) is 0 Å².